The summed E-state index contributed by atoms with van der Waals surface area (Å²) in [5, 5.41) is 11.6. The molecule has 0 atom stereocenters. The number of nitrogens with two attached hydrogens (primary N) is 1. The Balaban J connectivity index is 1.90. The Labute approximate surface area is 177 Å². The van der Waals surface area contributed by atoms with Crippen molar-refractivity contribution in [2.24, 2.45) is 0 Å². The molecule has 31 heavy (non-hydrogen) atoms. The third-order valence-corrected chi connectivity index (χ3v) is 6.41. The number of thiophene rings is 1. The molecule has 0 saturated heterocycles. The highest BCUT2D eigenvalue weighted by atomic mass is 32.1. The van der Waals surface area contributed by atoms with Crippen LogP contribution in [-0.2, 0) is 19.0 Å². The molecule has 7 nitrogen and oxygen atoms in total. The number of fused-ring (bicyclic) bond motifs is 3. The number of pyridine rings is 1. The lowest BCUT2D eigenvalue weighted by Gasteiger charge is -2.21. The molecule has 4 rings (SSSR count). The van der Waals surface area contributed by atoms with E-state index in [4.69, 9.17) is 10.5 Å². The van der Waals surface area contributed by atoms with Gasteiger partial charge in [0.2, 0.25) is 5.78 Å². The number of nitrogen functional groups attached to an aromatic ring is 1. The summed E-state index contributed by atoms with van der Waals surface area (Å²) in [5.74, 6) is -0.638. The number of aryl methyl sites for hydroxylation is 1. The Morgan fingerprint density at radius 2 is 1.94 bits per heavy atom. The van der Waals surface area contributed by atoms with E-state index in [0.717, 1.165) is 17.4 Å². The van der Waals surface area contributed by atoms with Gasteiger partial charge in [0.05, 0.1) is 17.7 Å². The fourth-order valence-electron chi connectivity index (χ4n) is 3.92. The van der Waals surface area contributed by atoms with Crippen molar-refractivity contribution in [1.82, 2.24) is 4.98 Å². The monoisotopic (exact) mass is 451 g/mol. The number of nitro groups is 1. The number of methoxy groups -OCH3 is 1. The van der Waals surface area contributed by atoms with E-state index in [0.29, 0.717) is 30.2 Å². The molecule has 162 valence electrons. The molecule has 0 bridgehead atoms. The van der Waals surface area contributed by atoms with Gasteiger partial charge in [-0.1, -0.05) is 0 Å². The van der Waals surface area contributed by atoms with Crippen molar-refractivity contribution in [3.63, 3.8) is 0 Å². The van der Waals surface area contributed by atoms with E-state index in [-0.39, 0.29) is 38.7 Å². The van der Waals surface area contributed by atoms with E-state index in [1.165, 1.54) is 19.2 Å². The van der Waals surface area contributed by atoms with Crippen LogP contribution in [0.4, 0.5) is 24.5 Å². The second kappa shape index (κ2) is 7.49. The van der Waals surface area contributed by atoms with Gasteiger partial charge in [0.1, 0.15) is 15.4 Å². The van der Waals surface area contributed by atoms with Gasteiger partial charge >= 0.3 is 11.9 Å². The second-order valence-corrected chi connectivity index (χ2v) is 8.12. The molecule has 0 spiro atoms. The fourth-order valence-corrected chi connectivity index (χ4v) is 5.01. The summed E-state index contributed by atoms with van der Waals surface area (Å²) >= 11 is 0.767. The Kier molecular flexibility index (Phi) is 5.08. The van der Waals surface area contributed by atoms with Crippen LogP contribution in [0.1, 0.15) is 44.9 Å². The summed E-state index contributed by atoms with van der Waals surface area (Å²) in [4.78, 5) is 27.5. The third kappa shape index (κ3) is 3.48. The fraction of sp³-hybridized carbons (Fsp3) is 0.300. The lowest BCUT2D eigenvalue weighted by Crippen LogP contribution is -2.17. The van der Waals surface area contributed by atoms with E-state index in [1.54, 1.807) is 0 Å². The maximum absolute atomic E-state index is 13.6. The summed E-state index contributed by atoms with van der Waals surface area (Å²) in [5.41, 5.74) is 5.55. The van der Waals surface area contributed by atoms with Gasteiger partial charge in [-0.05, 0) is 48.9 Å². The minimum atomic E-state index is -4.62. The number of nitrogens with zero attached hydrogens (tertiary/aromatic N) is 2. The molecular weight excluding hydrogens is 435 g/mol. The first-order chi connectivity index (χ1) is 14.6. The first-order valence-electron chi connectivity index (χ1n) is 9.31. The third-order valence-electron chi connectivity index (χ3n) is 5.31. The van der Waals surface area contributed by atoms with E-state index >= 15 is 0 Å². The van der Waals surface area contributed by atoms with E-state index in [9.17, 15) is 28.1 Å². The minimum absolute atomic E-state index is 0.00839. The molecular formula is C20H16F3N3O4S. The van der Waals surface area contributed by atoms with E-state index < -0.39 is 28.3 Å². The van der Waals surface area contributed by atoms with E-state index in [2.05, 4.69) is 4.98 Å². The average molecular weight is 451 g/mol. The molecule has 11 heteroatoms. The summed E-state index contributed by atoms with van der Waals surface area (Å²) in [6.07, 6.45) is -2.62. The normalized spacial score (nSPS) is 13.8. The van der Waals surface area contributed by atoms with Crippen molar-refractivity contribution in [3.8, 4) is 5.75 Å². The van der Waals surface area contributed by atoms with E-state index in [1.807, 2.05) is 0 Å². The quantitative estimate of drug-likeness (QED) is 0.343. The van der Waals surface area contributed by atoms with Crippen LogP contribution in [0.2, 0.25) is 0 Å². The van der Waals surface area contributed by atoms with Gasteiger partial charge in [-0.3, -0.25) is 14.9 Å². The van der Waals surface area contributed by atoms with Crippen LogP contribution in [0.15, 0.2) is 18.2 Å². The number of hydrogen-bond acceptors (Lipinski definition) is 7. The molecule has 0 amide bonds. The number of halogens is 3. The van der Waals surface area contributed by atoms with Gasteiger partial charge in [-0.2, -0.15) is 13.2 Å². The Morgan fingerprint density at radius 3 is 2.55 bits per heavy atom. The number of alkyl halides is 3. The predicted octanol–water partition coefficient (Wildman–Crippen LogP) is 4.92. The maximum atomic E-state index is 13.6. The zero-order valence-electron chi connectivity index (χ0n) is 16.2. The topological polar surface area (TPSA) is 108 Å². The van der Waals surface area contributed by atoms with Gasteiger partial charge in [-0.25, -0.2) is 4.98 Å². The number of aromatic nitrogens is 1. The molecule has 0 radical (unpaired) electrons. The first-order valence-corrected chi connectivity index (χ1v) is 10.1. The van der Waals surface area contributed by atoms with Gasteiger partial charge in [-0.15, -0.1) is 11.3 Å². The van der Waals surface area contributed by atoms with Crippen LogP contribution in [-0.4, -0.2) is 22.8 Å². The summed E-state index contributed by atoms with van der Waals surface area (Å²) < 4.78 is 45.7. The van der Waals surface area contributed by atoms with Crippen LogP contribution in [0.5, 0.6) is 5.75 Å². The van der Waals surface area contributed by atoms with Crippen molar-refractivity contribution in [2.75, 3.05) is 12.8 Å². The largest absolute Gasteiger partial charge is 0.490 e. The van der Waals surface area contributed by atoms with Crippen LogP contribution in [0, 0.1) is 10.1 Å². The molecule has 2 aromatic heterocycles. The molecule has 0 fully saturated rings. The highest BCUT2D eigenvalue weighted by Crippen LogP contribution is 2.44. The number of ketones is 1. The van der Waals surface area contributed by atoms with Crippen LogP contribution in [0.25, 0.3) is 10.2 Å². The molecule has 3 aromatic rings. The minimum Gasteiger partial charge on any atom is -0.490 e. The molecule has 2 heterocycles. The Hall–Kier alpha value is -3.21. The smallest absolute Gasteiger partial charge is 0.433 e. The van der Waals surface area contributed by atoms with Crippen molar-refractivity contribution < 1.29 is 27.6 Å². The molecule has 2 N–H and O–H groups in total. The second-order valence-electron chi connectivity index (χ2n) is 7.12. The molecule has 1 aromatic carbocycles. The number of nitro benzene ring substituents is 1. The number of hydrogen-bond donors (Lipinski definition) is 1. The number of carbonyl (C=O) groups excluding carboxylic acids is 1. The standard InChI is InChI=1S/C20H16F3N3O4S/c1-30-13-7-6-9(8-12(13)26(28)29)16(27)17-15(24)14-10-4-2-3-5-11(10)18(20(21,22)23)25-19(14)31-17/h6-8H,2-5,24H2,1H3. The SMILES string of the molecule is COc1ccc(C(=O)c2sc3nc(C(F)(F)F)c4c(c3c2N)CCCC4)cc1[N+](=O)[O-]. The molecule has 0 aliphatic heterocycles. The summed E-state index contributed by atoms with van der Waals surface area (Å²) in [6.45, 7) is 0. The maximum Gasteiger partial charge on any atom is 0.433 e. The van der Waals surface area contributed by atoms with Crippen LogP contribution < -0.4 is 10.5 Å². The highest BCUT2D eigenvalue weighted by Gasteiger charge is 2.38. The zero-order chi connectivity index (χ0) is 22.5. The van der Waals surface area contributed by atoms with Gasteiger partial charge in [0, 0.05) is 17.0 Å². The molecule has 1 aliphatic carbocycles. The number of ether oxygens (including phenoxy) is 1. The molecule has 1 aliphatic rings. The average Bonchev–Trinajstić information content (AvgIpc) is 3.08. The Bertz CT molecular complexity index is 1240. The summed E-state index contributed by atoms with van der Waals surface area (Å²) in [7, 11) is 1.26. The first kappa shape index (κ1) is 21.0. The van der Waals surface area contributed by atoms with Gasteiger partial charge in [0.15, 0.2) is 5.75 Å². The molecule has 0 saturated carbocycles. The number of rotatable bonds is 4. The summed E-state index contributed by atoms with van der Waals surface area (Å²) in [6, 6.07) is 3.70. The highest BCUT2D eigenvalue weighted by molar-refractivity contribution is 7.21. The van der Waals surface area contributed by atoms with Crippen molar-refractivity contribution in [2.45, 2.75) is 31.9 Å². The van der Waals surface area contributed by atoms with Crippen molar-refractivity contribution >= 4 is 38.7 Å². The zero-order valence-corrected chi connectivity index (χ0v) is 17.0. The lowest BCUT2D eigenvalue weighted by molar-refractivity contribution is -0.385. The number of carbonyl (C=O) groups is 1. The Morgan fingerprint density at radius 1 is 1.26 bits per heavy atom. The molecule has 0 unspecified atom stereocenters. The van der Waals surface area contributed by atoms with Crippen molar-refractivity contribution in [1.29, 1.82) is 0 Å². The number of benzene rings is 1. The number of anilines is 1. The lowest BCUT2D eigenvalue weighted by atomic mass is 9.88. The van der Waals surface area contributed by atoms with Crippen LogP contribution in [0.3, 0.4) is 0 Å². The van der Waals surface area contributed by atoms with Crippen LogP contribution >= 0.6 is 11.3 Å². The van der Waals surface area contributed by atoms with Crippen molar-refractivity contribution in [3.05, 3.63) is 55.6 Å². The predicted molar refractivity (Wildman–Crippen MR) is 109 cm³/mol. The van der Waals surface area contributed by atoms with Gasteiger partial charge < -0.3 is 10.5 Å². The van der Waals surface area contributed by atoms with Gasteiger partial charge in [0.25, 0.3) is 0 Å².